The van der Waals surface area contributed by atoms with Crippen molar-refractivity contribution in [1.82, 2.24) is 0 Å². The summed E-state index contributed by atoms with van der Waals surface area (Å²) in [5.41, 5.74) is 0. The lowest BCUT2D eigenvalue weighted by Gasteiger charge is -2.12. The second-order valence-corrected chi connectivity index (χ2v) is 7.10. The lowest BCUT2D eigenvalue weighted by atomic mass is 10.1. The molecule has 0 radical (unpaired) electrons. The normalized spacial score (nSPS) is 13.2. The summed E-state index contributed by atoms with van der Waals surface area (Å²) in [6.07, 6.45) is 7.29. The number of carbonyl (C=O) groups excluding carboxylic acids is 1. The van der Waals surface area contributed by atoms with Crippen LogP contribution in [0.3, 0.4) is 0 Å². The SMILES string of the molecule is CCCCCCCCCS(=O)(=O)C(CC)C(=O)OO. The van der Waals surface area contributed by atoms with Crippen molar-refractivity contribution in [2.24, 2.45) is 0 Å². The molecule has 0 heterocycles. The zero-order valence-electron chi connectivity index (χ0n) is 11.9. The largest absolute Gasteiger partial charge is 0.360 e. The van der Waals surface area contributed by atoms with E-state index in [1.54, 1.807) is 6.92 Å². The van der Waals surface area contributed by atoms with Gasteiger partial charge in [0.1, 0.15) is 0 Å². The second-order valence-electron chi connectivity index (χ2n) is 4.80. The fourth-order valence-corrected chi connectivity index (χ4v) is 3.76. The van der Waals surface area contributed by atoms with Crippen LogP contribution >= 0.6 is 0 Å². The molecule has 5 nitrogen and oxygen atoms in total. The summed E-state index contributed by atoms with van der Waals surface area (Å²) in [5, 5.41) is 7.04. The zero-order valence-corrected chi connectivity index (χ0v) is 12.7. The van der Waals surface area contributed by atoms with Crippen LogP contribution in [0.25, 0.3) is 0 Å². The van der Waals surface area contributed by atoms with Gasteiger partial charge >= 0.3 is 5.97 Å². The monoisotopic (exact) mass is 294 g/mol. The number of hydrogen-bond acceptors (Lipinski definition) is 5. The van der Waals surface area contributed by atoms with Crippen LogP contribution < -0.4 is 0 Å². The number of carbonyl (C=O) groups is 1. The lowest BCUT2D eigenvalue weighted by Crippen LogP contribution is -2.32. The lowest BCUT2D eigenvalue weighted by molar-refractivity contribution is -0.233. The van der Waals surface area contributed by atoms with Gasteiger partial charge in [0.15, 0.2) is 15.1 Å². The van der Waals surface area contributed by atoms with Crippen LogP contribution in [0.5, 0.6) is 0 Å². The molecular weight excluding hydrogens is 268 g/mol. The maximum atomic E-state index is 11.9. The first-order valence-corrected chi connectivity index (χ1v) is 8.78. The number of sulfone groups is 1. The Bertz CT molecular complexity index is 337. The maximum Gasteiger partial charge on any atom is 0.360 e. The molecule has 1 N–H and O–H groups in total. The van der Waals surface area contributed by atoms with Gasteiger partial charge in [0.25, 0.3) is 0 Å². The Morgan fingerprint density at radius 2 is 1.58 bits per heavy atom. The standard InChI is InChI=1S/C13H26O5S/c1-3-5-6-7-8-9-10-11-19(16,17)12(4-2)13(14)18-15/h12,15H,3-11H2,1-2H3. The molecule has 0 fully saturated rings. The second kappa shape index (κ2) is 10.2. The van der Waals surface area contributed by atoms with Gasteiger partial charge in [-0.1, -0.05) is 52.4 Å². The molecule has 0 aromatic carbocycles. The zero-order chi connectivity index (χ0) is 14.7. The maximum absolute atomic E-state index is 11.9. The first-order valence-electron chi connectivity index (χ1n) is 7.06. The minimum atomic E-state index is -3.52. The highest BCUT2D eigenvalue weighted by atomic mass is 32.2. The van der Waals surface area contributed by atoms with Gasteiger partial charge in [-0.2, -0.15) is 5.26 Å². The highest BCUT2D eigenvalue weighted by molar-refractivity contribution is 7.92. The fourth-order valence-electron chi connectivity index (χ4n) is 2.03. The van der Waals surface area contributed by atoms with Crippen molar-refractivity contribution >= 4 is 15.8 Å². The summed E-state index contributed by atoms with van der Waals surface area (Å²) in [5.74, 6) is -1.10. The van der Waals surface area contributed by atoms with Crippen LogP contribution in [0, 0.1) is 0 Å². The van der Waals surface area contributed by atoms with Crippen molar-refractivity contribution in [2.75, 3.05) is 5.75 Å². The van der Waals surface area contributed by atoms with Gasteiger partial charge in [-0.3, -0.25) is 4.89 Å². The number of hydrogen-bond donors (Lipinski definition) is 1. The molecule has 0 saturated carbocycles. The highest BCUT2D eigenvalue weighted by Crippen LogP contribution is 2.13. The molecule has 0 spiro atoms. The molecule has 114 valence electrons. The summed E-state index contributed by atoms with van der Waals surface area (Å²) in [6.45, 7) is 3.74. The Morgan fingerprint density at radius 3 is 2.05 bits per heavy atom. The summed E-state index contributed by atoms with van der Waals surface area (Å²) in [7, 11) is -3.52. The van der Waals surface area contributed by atoms with Crippen LogP contribution in [0.2, 0.25) is 0 Å². The van der Waals surface area contributed by atoms with Crippen LogP contribution in [0.1, 0.15) is 65.2 Å². The molecule has 0 aliphatic rings. The third-order valence-corrected chi connectivity index (χ3v) is 5.44. The van der Waals surface area contributed by atoms with E-state index in [1.165, 1.54) is 19.3 Å². The molecule has 0 rings (SSSR count). The minimum Gasteiger partial charge on any atom is -0.300 e. The van der Waals surface area contributed by atoms with E-state index in [0.717, 1.165) is 19.3 Å². The van der Waals surface area contributed by atoms with Crippen molar-refractivity contribution in [3.63, 3.8) is 0 Å². The Hall–Kier alpha value is -0.620. The van der Waals surface area contributed by atoms with Crippen molar-refractivity contribution in [3.8, 4) is 0 Å². The third kappa shape index (κ3) is 7.52. The summed E-state index contributed by atoms with van der Waals surface area (Å²) >= 11 is 0. The van der Waals surface area contributed by atoms with E-state index in [4.69, 9.17) is 5.26 Å². The number of unbranched alkanes of at least 4 members (excludes halogenated alkanes) is 6. The molecular formula is C13H26O5S. The molecule has 1 atom stereocenters. The van der Waals surface area contributed by atoms with Gasteiger partial charge in [0.2, 0.25) is 0 Å². The number of rotatable bonds is 11. The van der Waals surface area contributed by atoms with E-state index in [1.807, 2.05) is 0 Å². The van der Waals surface area contributed by atoms with Gasteiger partial charge in [-0.05, 0) is 12.8 Å². The Kier molecular flexibility index (Phi) is 9.87. The molecule has 0 aromatic heterocycles. The van der Waals surface area contributed by atoms with Gasteiger partial charge < -0.3 is 0 Å². The van der Waals surface area contributed by atoms with E-state index in [9.17, 15) is 13.2 Å². The first-order chi connectivity index (χ1) is 8.99. The van der Waals surface area contributed by atoms with Crippen LogP contribution in [0.15, 0.2) is 0 Å². The average molecular weight is 294 g/mol. The molecule has 0 aliphatic carbocycles. The smallest absolute Gasteiger partial charge is 0.300 e. The van der Waals surface area contributed by atoms with Crippen LogP contribution in [0.4, 0.5) is 0 Å². The van der Waals surface area contributed by atoms with E-state index in [2.05, 4.69) is 11.8 Å². The summed E-state index contributed by atoms with van der Waals surface area (Å²) < 4.78 is 23.8. The van der Waals surface area contributed by atoms with Gasteiger partial charge in [-0.25, -0.2) is 13.2 Å². The van der Waals surface area contributed by atoms with Gasteiger partial charge in [-0.15, -0.1) is 0 Å². The summed E-state index contributed by atoms with van der Waals surface area (Å²) in [6, 6.07) is 0. The molecule has 0 bridgehead atoms. The fraction of sp³-hybridized carbons (Fsp3) is 0.923. The average Bonchev–Trinajstić information content (AvgIpc) is 2.37. The van der Waals surface area contributed by atoms with E-state index >= 15 is 0 Å². The van der Waals surface area contributed by atoms with Crippen molar-refractivity contribution in [2.45, 2.75) is 70.5 Å². The molecule has 0 saturated heterocycles. The summed E-state index contributed by atoms with van der Waals surface area (Å²) in [4.78, 5) is 14.7. The van der Waals surface area contributed by atoms with Gasteiger partial charge in [0.05, 0.1) is 5.75 Å². The topological polar surface area (TPSA) is 80.7 Å². The molecule has 0 aromatic rings. The molecule has 0 amide bonds. The van der Waals surface area contributed by atoms with Crippen molar-refractivity contribution < 1.29 is 23.4 Å². The predicted octanol–water partition coefficient (Wildman–Crippen LogP) is 2.95. The molecule has 0 aliphatic heterocycles. The van der Waals surface area contributed by atoms with Gasteiger partial charge in [0, 0.05) is 0 Å². The van der Waals surface area contributed by atoms with E-state index in [-0.39, 0.29) is 12.2 Å². The Morgan fingerprint density at radius 1 is 1.05 bits per heavy atom. The predicted molar refractivity (Wildman–Crippen MR) is 74.6 cm³/mol. The van der Waals surface area contributed by atoms with E-state index < -0.39 is 21.1 Å². The Labute approximate surface area is 116 Å². The van der Waals surface area contributed by atoms with Crippen LogP contribution in [-0.4, -0.2) is 30.6 Å². The quantitative estimate of drug-likeness (QED) is 0.360. The van der Waals surface area contributed by atoms with Crippen molar-refractivity contribution in [1.29, 1.82) is 0 Å². The van der Waals surface area contributed by atoms with E-state index in [0.29, 0.717) is 6.42 Å². The van der Waals surface area contributed by atoms with Crippen LogP contribution in [-0.2, 0) is 19.5 Å². The van der Waals surface area contributed by atoms with Crippen molar-refractivity contribution in [3.05, 3.63) is 0 Å². The molecule has 19 heavy (non-hydrogen) atoms. The third-order valence-electron chi connectivity index (χ3n) is 3.19. The molecule has 6 heteroatoms. The minimum absolute atomic E-state index is 0.0195. The Balaban J connectivity index is 3.99. The first kappa shape index (κ1) is 18.4. The highest BCUT2D eigenvalue weighted by Gasteiger charge is 2.32. The molecule has 1 unspecified atom stereocenters.